The van der Waals surface area contributed by atoms with E-state index in [1.54, 1.807) is 30.7 Å². The van der Waals surface area contributed by atoms with Crippen LogP contribution in [0.2, 0.25) is 0 Å². The van der Waals surface area contributed by atoms with Crippen LogP contribution in [0.4, 0.5) is 0 Å². The molecule has 2 aromatic rings. The first-order valence-electron chi connectivity index (χ1n) is 8.66. The van der Waals surface area contributed by atoms with Crippen LogP contribution in [0.1, 0.15) is 23.2 Å². The monoisotopic (exact) mass is 342 g/mol. The summed E-state index contributed by atoms with van der Waals surface area (Å²) in [5.41, 5.74) is 0.178. The Balaban J connectivity index is 1.46. The minimum atomic E-state index is -0.424. The van der Waals surface area contributed by atoms with Gasteiger partial charge in [0.25, 0.3) is 5.91 Å². The third kappa shape index (κ3) is 3.57. The van der Waals surface area contributed by atoms with Gasteiger partial charge in [0.2, 0.25) is 0 Å². The van der Waals surface area contributed by atoms with Gasteiger partial charge in [0, 0.05) is 31.3 Å². The average molecular weight is 342 g/mol. The smallest absolute Gasteiger partial charge is 0.255 e. The Morgan fingerprint density at radius 1 is 1.36 bits per heavy atom. The third-order valence-electron chi connectivity index (χ3n) is 4.83. The number of carbonyl (C=O) groups is 1. The van der Waals surface area contributed by atoms with Gasteiger partial charge in [-0.05, 0) is 31.0 Å². The molecule has 4 heterocycles. The van der Waals surface area contributed by atoms with E-state index in [0.29, 0.717) is 31.9 Å². The summed E-state index contributed by atoms with van der Waals surface area (Å²) in [4.78, 5) is 18.7. The largest absolute Gasteiger partial charge is 0.377 e. The zero-order chi connectivity index (χ0) is 17.1. The molecule has 0 N–H and O–H groups in total. The van der Waals surface area contributed by atoms with Crippen molar-refractivity contribution in [3.05, 3.63) is 48.5 Å². The van der Waals surface area contributed by atoms with Gasteiger partial charge >= 0.3 is 0 Å². The van der Waals surface area contributed by atoms with E-state index in [0.717, 1.165) is 19.4 Å². The lowest BCUT2D eigenvalue weighted by molar-refractivity contribution is -0.0881. The molecule has 2 aliphatic heterocycles. The van der Waals surface area contributed by atoms with E-state index in [1.165, 1.54) is 0 Å². The van der Waals surface area contributed by atoms with Crippen molar-refractivity contribution in [3.63, 3.8) is 0 Å². The molecule has 7 nitrogen and oxygen atoms in total. The van der Waals surface area contributed by atoms with Crippen molar-refractivity contribution in [2.75, 3.05) is 26.3 Å². The highest BCUT2D eigenvalue weighted by molar-refractivity contribution is 5.93. The van der Waals surface area contributed by atoms with E-state index in [-0.39, 0.29) is 12.0 Å². The van der Waals surface area contributed by atoms with Gasteiger partial charge in [-0.25, -0.2) is 0 Å². The average Bonchev–Trinajstić information content (AvgIpc) is 3.23. The molecular weight excluding hydrogens is 320 g/mol. The van der Waals surface area contributed by atoms with Crippen LogP contribution in [-0.2, 0) is 16.0 Å². The molecule has 2 aromatic heterocycles. The van der Waals surface area contributed by atoms with Gasteiger partial charge in [-0.1, -0.05) is 0 Å². The molecule has 0 aromatic carbocycles. The molecule has 2 atom stereocenters. The lowest BCUT2D eigenvalue weighted by Crippen LogP contribution is -2.46. The fraction of sp³-hybridized carbons (Fsp3) is 0.500. The Hall–Kier alpha value is -2.25. The van der Waals surface area contributed by atoms with E-state index < -0.39 is 5.60 Å². The van der Waals surface area contributed by atoms with Crippen molar-refractivity contribution >= 4 is 5.91 Å². The predicted molar refractivity (Wildman–Crippen MR) is 90.0 cm³/mol. The Morgan fingerprint density at radius 3 is 3.12 bits per heavy atom. The number of amides is 1. The van der Waals surface area contributed by atoms with E-state index in [9.17, 15) is 4.79 Å². The zero-order valence-electron chi connectivity index (χ0n) is 14.1. The summed E-state index contributed by atoms with van der Waals surface area (Å²) in [6.07, 6.45) is 8.91. The maximum atomic E-state index is 12.8. The standard InChI is InChI=1S/C18H22N4O3/c23-17(15-3-1-6-19-11-15)21-9-10-24-14-18(13-21)5-4-16(25-18)12-22-8-2-7-20-22/h1-3,6-8,11,16H,4-5,9-10,12-14H2/t16-,18+/m0/s1. The molecule has 2 aliphatic rings. The molecule has 1 amide bonds. The molecule has 0 radical (unpaired) electrons. The van der Waals surface area contributed by atoms with Crippen LogP contribution in [0.25, 0.3) is 0 Å². The van der Waals surface area contributed by atoms with Crippen LogP contribution in [0.5, 0.6) is 0 Å². The van der Waals surface area contributed by atoms with E-state index in [1.807, 2.05) is 21.8 Å². The van der Waals surface area contributed by atoms with Crippen LogP contribution in [0.3, 0.4) is 0 Å². The Kier molecular flexibility index (Phi) is 4.50. The number of hydrogen-bond donors (Lipinski definition) is 0. The van der Waals surface area contributed by atoms with Crippen LogP contribution in [0.15, 0.2) is 43.0 Å². The molecule has 0 aliphatic carbocycles. The zero-order valence-corrected chi connectivity index (χ0v) is 14.1. The summed E-state index contributed by atoms with van der Waals surface area (Å²) in [5, 5.41) is 4.25. The summed E-state index contributed by atoms with van der Waals surface area (Å²) in [6, 6.07) is 5.49. The van der Waals surface area contributed by atoms with Crippen molar-refractivity contribution in [2.24, 2.45) is 0 Å². The molecule has 0 bridgehead atoms. The summed E-state index contributed by atoms with van der Waals surface area (Å²) in [5.74, 6) is -0.0166. The SMILES string of the molecule is O=C(c1cccnc1)N1CCOC[C@@]2(CC[C@@H](Cn3cccn3)O2)C1. The van der Waals surface area contributed by atoms with E-state index in [2.05, 4.69) is 10.1 Å². The second-order valence-electron chi connectivity index (χ2n) is 6.71. The molecule has 7 heteroatoms. The van der Waals surface area contributed by atoms with Crippen LogP contribution < -0.4 is 0 Å². The van der Waals surface area contributed by atoms with E-state index in [4.69, 9.17) is 9.47 Å². The maximum absolute atomic E-state index is 12.8. The molecule has 0 saturated carbocycles. The highest BCUT2D eigenvalue weighted by Gasteiger charge is 2.44. The topological polar surface area (TPSA) is 69.5 Å². The number of rotatable bonds is 3. The number of nitrogens with zero attached hydrogens (tertiary/aromatic N) is 4. The van der Waals surface area contributed by atoms with Crippen LogP contribution in [0, 0.1) is 0 Å². The van der Waals surface area contributed by atoms with Gasteiger partial charge in [0.1, 0.15) is 5.60 Å². The predicted octanol–water partition coefficient (Wildman–Crippen LogP) is 1.37. The Bertz CT molecular complexity index is 706. The third-order valence-corrected chi connectivity index (χ3v) is 4.83. The highest BCUT2D eigenvalue weighted by atomic mass is 16.6. The molecule has 2 saturated heterocycles. The lowest BCUT2D eigenvalue weighted by Gasteiger charge is -2.32. The quantitative estimate of drug-likeness (QED) is 0.843. The van der Waals surface area contributed by atoms with Gasteiger partial charge in [-0.15, -0.1) is 0 Å². The normalized spacial score (nSPS) is 26.7. The fourth-order valence-corrected chi connectivity index (χ4v) is 3.61. The maximum Gasteiger partial charge on any atom is 0.255 e. The van der Waals surface area contributed by atoms with Crippen LogP contribution >= 0.6 is 0 Å². The van der Waals surface area contributed by atoms with Gasteiger partial charge in [-0.2, -0.15) is 5.10 Å². The minimum Gasteiger partial charge on any atom is -0.377 e. The Morgan fingerprint density at radius 2 is 2.32 bits per heavy atom. The molecule has 2 fully saturated rings. The number of aromatic nitrogens is 3. The molecule has 0 unspecified atom stereocenters. The van der Waals surface area contributed by atoms with Crippen molar-refractivity contribution in [1.29, 1.82) is 0 Å². The molecule has 4 rings (SSSR count). The molecule has 1 spiro atoms. The number of carbonyl (C=O) groups excluding carboxylic acids is 1. The molecular formula is C18H22N4O3. The second kappa shape index (κ2) is 6.93. The van der Waals surface area contributed by atoms with Crippen molar-refractivity contribution in [2.45, 2.75) is 31.1 Å². The first kappa shape index (κ1) is 16.2. The van der Waals surface area contributed by atoms with Crippen molar-refractivity contribution in [1.82, 2.24) is 19.7 Å². The van der Waals surface area contributed by atoms with Crippen molar-refractivity contribution < 1.29 is 14.3 Å². The minimum absolute atomic E-state index is 0.0166. The van der Waals surface area contributed by atoms with Gasteiger partial charge in [0.15, 0.2) is 0 Å². The summed E-state index contributed by atoms with van der Waals surface area (Å²) in [7, 11) is 0. The van der Waals surface area contributed by atoms with Crippen LogP contribution in [-0.4, -0.2) is 63.6 Å². The Labute approximate surface area is 146 Å². The second-order valence-corrected chi connectivity index (χ2v) is 6.71. The number of hydrogen-bond acceptors (Lipinski definition) is 5. The van der Waals surface area contributed by atoms with Gasteiger partial charge in [-0.3, -0.25) is 14.5 Å². The molecule has 132 valence electrons. The summed E-state index contributed by atoms with van der Waals surface area (Å²) < 4.78 is 14.0. The number of pyridine rings is 1. The summed E-state index contributed by atoms with van der Waals surface area (Å²) >= 11 is 0. The first-order valence-corrected chi connectivity index (χ1v) is 8.66. The fourth-order valence-electron chi connectivity index (χ4n) is 3.61. The number of ether oxygens (including phenoxy) is 2. The van der Waals surface area contributed by atoms with Crippen molar-refractivity contribution in [3.8, 4) is 0 Å². The lowest BCUT2D eigenvalue weighted by atomic mass is 9.99. The first-order chi connectivity index (χ1) is 12.2. The van der Waals surface area contributed by atoms with Gasteiger partial charge in [0.05, 0.1) is 38.0 Å². The van der Waals surface area contributed by atoms with Gasteiger partial charge < -0.3 is 14.4 Å². The van der Waals surface area contributed by atoms with E-state index >= 15 is 0 Å². The molecule has 25 heavy (non-hydrogen) atoms. The summed E-state index contributed by atoms with van der Waals surface area (Å²) in [6.45, 7) is 2.91. The highest BCUT2D eigenvalue weighted by Crippen LogP contribution is 2.34.